The SMILES string of the molecule is CCOC(=O)/C=C/COc1cc2c(ccn2C(=O)C(C)(C)C)cc1C=O. The van der Waals surface area contributed by atoms with Gasteiger partial charge >= 0.3 is 5.97 Å². The van der Waals surface area contributed by atoms with Gasteiger partial charge in [-0.25, -0.2) is 4.79 Å². The number of hydrogen-bond acceptors (Lipinski definition) is 5. The van der Waals surface area contributed by atoms with E-state index >= 15 is 0 Å². The third kappa shape index (κ3) is 4.39. The van der Waals surface area contributed by atoms with Crippen LogP contribution in [-0.2, 0) is 9.53 Å². The molecule has 6 nitrogen and oxygen atoms in total. The topological polar surface area (TPSA) is 74.6 Å². The lowest BCUT2D eigenvalue weighted by Crippen LogP contribution is -2.26. The fourth-order valence-corrected chi connectivity index (χ4v) is 2.41. The Morgan fingerprint density at radius 2 is 1.96 bits per heavy atom. The van der Waals surface area contributed by atoms with Crippen molar-refractivity contribution in [2.24, 2.45) is 5.41 Å². The number of aldehydes is 1. The third-order valence-corrected chi connectivity index (χ3v) is 3.68. The van der Waals surface area contributed by atoms with E-state index in [9.17, 15) is 14.4 Å². The minimum Gasteiger partial charge on any atom is -0.489 e. The molecule has 0 aliphatic rings. The molecule has 1 aromatic carbocycles. The molecule has 0 fully saturated rings. The summed E-state index contributed by atoms with van der Waals surface area (Å²) in [6.07, 6.45) is 5.18. The summed E-state index contributed by atoms with van der Waals surface area (Å²) >= 11 is 0. The van der Waals surface area contributed by atoms with Crippen LogP contribution >= 0.6 is 0 Å². The van der Waals surface area contributed by atoms with Crippen LogP contribution in [0.25, 0.3) is 10.9 Å². The average Bonchev–Trinajstić information content (AvgIpc) is 2.99. The van der Waals surface area contributed by atoms with Crippen LogP contribution in [-0.4, -0.2) is 35.9 Å². The van der Waals surface area contributed by atoms with Crippen LogP contribution in [0, 0.1) is 5.41 Å². The summed E-state index contributed by atoms with van der Waals surface area (Å²) in [5, 5.41) is 0.777. The summed E-state index contributed by atoms with van der Waals surface area (Å²) in [6.45, 7) is 7.66. The molecule has 0 saturated heterocycles. The molecule has 0 aliphatic carbocycles. The number of benzene rings is 1. The first-order valence-electron chi connectivity index (χ1n) is 8.39. The third-order valence-electron chi connectivity index (χ3n) is 3.68. The van der Waals surface area contributed by atoms with E-state index in [2.05, 4.69) is 0 Å². The first-order valence-corrected chi connectivity index (χ1v) is 8.39. The highest BCUT2D eigenvalue weighted by Crippen LogP contribution is 2.28. The fraction of sp³-hybridized carbons (Fsp3) is 0.350. The highest BCUT2D eigenvalue weighted by molar-refractivity contribution is 5.98. The van der Waals surface area contributed by atoms with E-state index in [1.807, 2.05) is 20.8 Å². The number of nitrogens with zero attached hydrogens (tertiary/aromatic N) is 1. The van der Waals surface area contributed by atoms with Crippen LogP contribution in [0.3, 0.4) is 0 Å². The molecule has 0 spiro atoms. The molecule has 0 unspecified atom stereocenters. The molecule has 2 rings (SSSR count). The van der Waals surface area contributed by atoms with Gasteiger partial charge in [-0.2, -0.15) is 0 Å². The second kappa shape index (κ2) is 7.99. The molecule has 0 aliphatic heterocycles. The van der Waals surface area contributed by atoms with Gasteiger partial charge in [-0.15, -0.1) is 0 Å². The molecule has 0 saturated carbocycles. The van der Waals surface area contributed by atoms with Crippen LogP contribution < -0.4 is 4.74 Å². The van der Waals surface area contributed by atoms with Gasteiger partial charge in [0.15, 0.2) is 6.29 Å². The molecule has 26 heavy (non-hydrogen) atoms. The zero-order valence-electron chi connectivity index (χ0n) is 15.4. The first-order chi connectivity index (χ1) is 12.3. The van der Waals surface area contributed by atoms with Crippen molar-refractivity contribution in [1.82, 2.24) is 4.57 Å². The van der Waals surface area contributed by atoms with Crippen molar-refractivity contribution in [2.45, 2.75) is 27.7 Å². The summed E-state index contributed by atoms with van der Waals surface area (Å²) in [5.41, 5.74) is 0.501. The number of carbonyl (C=O) groups is 3. The summed E-state index contributed by atoms with van der Waals surface area (Å²) in [5.74, 6) is -0.158. The number of aromatic nitrogens is 1. The minimum absolute atomic E-state index is 0.0560. The lowest BCUT2D eigenvalue weighted by atomic mass is 9.95. The van der Waals surface area contributed by atoms with Crippen LogP contribution in [0.4, 0.5) is 0 Å². The Kier molecular flexibility index (Phi) is 5.97. The number of rotatable bonds is 6. The Labute approximate surface area is 152 Å². The predicted molar refractivity (Wildman–Crippen MR) is 98.7 cm³/mol. The molecular weight excluding hydrogens is 334 g/mol. The van der Waals surface area contributed by atoms with Gasteiger partial charge in [0.05, 0.1) is 17.7 Å². The van der Waals surface area contributed by atoms with E-state index < -0.39 is 11.4 Å². The quantitative estimate of drug-likeness (QED) is 0.448. The maximum atomic E-state index is 12.6. The molecule has 2 aromatic rings. The van der Waals surface area contributed by atoms with E-state index in [0.717, 1.165) is 5.39 Å². The summed E-state index contributed by atoms with van der Waals surface area (Å²) in [7, 11) is 0. The maximum Gasteiger partial charge on any atom is 0.330 e. The average molecular weight is 357 g/mol. The Bertz CT molecular complexity index is 855. The Morgan fingerprint density at radius 3 is 2.58 bits per heavy atom. The number of carbonyl (C=O) groups excluding carboxylic acids is 3. The minimum atomic E-state index is -0.543. The van der Waals surface area contributed by atoms with Gasteiger partial charge in [0, 0.05) is 29.1 Å². The van der Waals surface area contributed by atoms with Crippen LogP contribution in [0.2, 0.25) is 0 Å². The van der Waals surface area contributed by atoms with E-state index in [0.29, 0.717) is 29.7 Å². The van der Waals surface area contributed by atoms with Crippen molar-refractivity contribution in [3.05, 3.63) is 42.1 Å². The Morgan fingerprint density at radius 1 is 1.23 bits per heavy atom. The van der Waals surface area contributed by atoms with Crippen molar-refractivity contribution in [3.63, 3.8) is 0 Å². The lowest BCUT2D eigenvalue weighted by molar-refractivity contribution is -0.137. The summed E-state index contributed by atoms with van der Waals surface area (Å²) in [4.78, 5) is 35.2. The largest absolute Gasteiger partial charge is 0.489 e. The van der Waals surface area contributed by atoms with Crippen molar-refractivity contribution >= 4 is 29.1 Å². The molecule has 0 radical (unpaired) electrons. The lowest BCUT2D eigenvalue weighted by Gasteiger charge is -2.18. The van der Waals surface area contributed by atoms with E-state index in [4.69, 9.17) is 9.47 Å². The zero-order valence-corrected chi connectivity index (χ0v) is 15.4. The van der Waals surface area contributed by atoms with Gasteiger partial charge < -0.3 is 9.47 Å². The molecule has 0 N–H and O–H groups in total. The molecule has 0 atom stereocenters. The van der Waals surface area contributed by atoms with Gasteiger partial charge in [-0.1, -0.05) is 20.8 Å². The van der Waals surface area contributed by atoms with Gasteiger partial charge in [-0.3, -0.25) is 14.2 Å². The van der Waals surface area contributed by atoms with Gasteiger partial charge in [0.2, 0.25) is 5.91 Å². The van der Waals surface area contributed by atoms with Gasteiger partial charge in [0.25, 0.3) is 0 Å². The van der Waals surface area contributed by atoms with Crippen molar-refractivity contribution in [1.29, 1.82) is 0 Å². The highest BCUT2D eigenvalue weighted by Gasteiger charge is 2.24. The fourth-order valence-electron chi connectivity index (χ4n) is 2.41. The normalized spacial score (nSPS) is 11.7. The summed E-state index contributed by atoms with van der Waals surface area (Å²) in [6, 6.07) is 5.14. The number of ether oxygens (including phenoxy) is 2. The molecule has 1 heterocycles. The van der Waals surface area contributed by atoms with Crippen molar-refractivity contribution < 1.29 is 23.9 Å². The Balaban J connectivity index is 2.29. The molecular formula is C20H23NO5. The second-order valence-corrected chi connectivity index (χ2v) is 6.77. The van der Waals surface area contributed by atoms with Gasteiger partial charge in [-0.05, 0) is 25.1 Å². The number of hydrogen-bond donors (Lipinski definition) is 0. The highest BCUT2D eigenvalue weighted by atomic mass is 16.5. The molecule has 6 heteroatoms. The smallest absolute Gasteiger partial charge is 0.330 e. The van der Waals surface area contributed by atoms with Crippen molar-refractivity contribution in [2.75, 3.05) is 13.2 Å². The molecule has 0 bridgehead atoms. The zero-order chi connectivity index (χ0) is 19.3. The summed E-state index contributed by atoms with van der Waals surface area (Å²) < 4.78 is 11.9. The molecule has 138 valence electrons. The van der Waals surface area contributed by atoms with Crippen LogP contribution in [0.1, 0.15) is 42.8 Å². The first kappa shape index (κ1) is 19.4. The van der Waals surface area contributed by atoms with Crippen molar-refractivity contribution in [3.8, 4) is 5.75 Å². The maximum absolute atomic E-state index is 12.6. The molecule has 1 aromatic heterocycles. The second-order valence-electron chi connectivity index (χ2n) is 6.77. The number of esters is 1. The Hall–Kier alpha value is -2.89. The standard InChI is InChI=1S/C20H23NO5/c1-5-25-18(23)7-6-10-26-17-12-16-14(11-15(17)13-22)8-9-21(16)19(24)20(2,3)4/h6-9,11-13H,5,10H2,1-4H3/b7-6+. The van der Waals surface area contributed by atoms with Crippen LogP contribution in [0.5, 0.6) is 5.75 Å². The van der Waals surface area contributed by atoms with E-state index in [-0.39, 0.29) is 12.5 Å². The molecule has 0 amide bonds. The van der Waals surface area contributed by atoms with E-state index in [1.165, 1.54) is 12.2 Å². The number of fused-ring (bicyclic) bond motifs is 1. The monoisotopic (exact) mass is 357 g/mol. The predicted octanol–water partition coefficient (Wildman–Crippen LogP) is 3.64. The van der Waals surface area contributed by atoms with E-state index in [1.54, 1.807) is 35.9 Å². The van der Waals surface area contributed by atoms with Crippen LogP contribution in [0.15, 0.2) is 36.5 Å². The van der Waals surface area contributed by atoms with Gasteiger partial charge in [0.1, 0.15) is 12.4 Å².